The molecule has 0 aliphatic rings. The minimum Gasteiger partial charge on any atom is -0.444 e. The second-order valence-corrected chi connectivity index (χ2v) is 6.36. The molecule has 0 heterocycles. The molecular weight excluding hydrogens is 230 g/mol. The maximum Gasteiger partial charge on any atom is 0.407 e. The van der Waals surface area contributed by atoms with Crippen LogP contribution in [0.4, 0.5) is 4.79 Å². The lowest BCUT2D eigenvalue weighted by Crippen LogP contribution is -2.41. The number of amides is 1. The molecule has 0 spiro atoms. The van der Waals surface area contributed by atoms with Crippen molar-refractivity contribution in [1.82, 2.24) is 16.0 Å². The normalized spacial score (nSPS) is 12.3. The van der Waals surface area contributed by atoms with Crippen molar-refractivity contribution >= 4 is 6.09 Å². The monoisotopic (exact) mass is 259 g/mol. The van der Waals surface area contributed by atoms with E-state index >= 15 is 0 Å². The summed E-state index contributed by atoms with van der Waals surface area (Å²) in [6.45, 7) is 15.1. The van der Waals surface area contributed by atoms with E-state index in [1.54, 1.807) is 0 Å². The maximum absolute atomic E-state index is 11.3. The highest BCUT2D eigenvalue weighted by Gasteiger charge is 2.15. The Labute approximate surface area is 111 Å². The zero-order valence-electron chi connectivity index (χ0n) is 12.6. The summed E-state index contributed by atoms with van der Waals surface area (Å²) in [5.41, 5.74) is -0.287. The van der Waals surface area contributed by atoms with Crippen LogP contribution < -0.4 is 16.0 Å². The van der Waals surface area contributed by atoms with Crippen molar-refractivity contribution in [1.29, 1.82) is 0 Å². The van der Waals surface area contributed by atoms with Crippen LogP contribution in [0.25, 0.3) is 0 Å². The van der Waals surface area contributed by atoms with Gasteiger partial charge >= 0.3 is 6.09 Å². The average molecular weight is 259 g/mol. The number of carbonyl (C=O) groups excluding carboxylic acids is 1. The Morgan fingerprint density at radius 3 is 2.00 bits per heavy atom. The van der Waals surface area contributed by atoms with Gasteiger partial charge < -0.3 is 20.7 Å². The fraction of sp³-hybridized carbons (Fsp3) is 0.923. The van der Waals surface area contributed by atoms with Gasteiger partial charge in [0.1, 0.15) is 5.60 Å². The molecule has 0 saturated heterocycles. The molecule has 108 valence electrons. The van der Waals surface area contributed by atoms with E-state index in [-0.39, 0.29) is 11.6 Å². The quantitative estimate of drug-likeness (QED) is 0.632. The number of nitrogens with one attached hydrogen (secondary N) is 3. The van der Waals surface area contributed by atoms with Gasteiger partial charge in [-0.25, -0.2) is 4.79 Å². The van der Waals surface area contributed by atoms with Gasteiger partial charge in [0.25, 0.3) is 0 Å². The molecule has 3 N–H and O–H groups in total. The fourth-order valence-corrected chi connectivity index (χ4v) is 1.22. The molecular formula is C13H29N3O2. The van der Waals surface area contributed by atoms with E-state index < -0.39 is 5.60 Å². The molecule has 0 aromatic rings. The first-order chi connectivity index (χ1) is 8.10. The summed E-state index contributed by atoms with van der Waals surface area (Å²) < 4.78 is 5.12. The van der Waals surface area contributed by atoms with Crippen LogP contribution >= 0.6 is 0 Å². The third-order valence-corrected chi connectivity index (χ3v) is 1.93. The molecule has 0 aromatic carbocycles. The molecule has 0 aromatic heterocycles. The first kappa shape index (κ1) is 17.2. The van der Waals surface area contributed by atoms with Crippen LogP contribution in [0.15, 0.2) is 0 Å². The smallest absolute Gasteiger partial charge is 0.407 e. The van der Waals surface area contributed by atoms with Gasteiger partial charge in [0.2, 0.25) is 0 Å². The van der Waals surface area contributed by atoms with Crippen molar-refractivity contribution in [2.75, 3.05) is 26.2 Å². The van der Waals surface area contributed by atoms with Crippen molar-refractivity contribution in [3.63, 3.8) is 0 Å². The molecule has 5 nitrogen and oxygen atoms in total. The highest BCUT2D eigenvalue weighted by molar-refractivity contribution is 5.67. The van der Waals surface area contributed by atoms with E-state index in [0.29, 0.717) is 6.54 Å². The number of ether oxygens (including phenoxy) is 1. The van der Waals surface area contributed by atoms with E-state index in [1.807, 2.05) is 20.8 Å². The van der Waals surface area contributed by atoms with Gasteiger partial charge in [-0.15, -0.1) is 0 Å². The van der Waals surface area contributed by atoms with Crippen molar-refractivity contribution < 1.29 is 9.53 Å². The second-order valence-electron chi connectivity index (χ2n) is 6.36. The fourth-order valence-electron chi connectivity index (χ4n) is 1.22. The summed E-state index contributed by atoms with van der Waals surface area (Å²) >= 11 is 0. The molecule has 0 aliphatic heterocycles. The Morgan fingerprint density at radius 1 is 0.944 bits per heavy atom. The molecule has 0 radical (unpaired) electrons. The number of carbonyl (C=O) groups is 1. The molecule has 0 unspecified atom stereocenters. The molecule has 5 heteroatoms. The Bertz CT molecular complexity index is 242. The highest BCUT2D eigenvalue weighted by atomic mass is 16.6. The minimum absolute atomic E-state index is 0.149. The van der Waals surface area contributed by atoms with Crippen LogP contribution in [0.5, 0.6) is 0 Å². The summed E-state index contributed by atoms with van der Waals surface area (Å²) in [4.78, 5) is 11.3. The number of alkyl carbamates (subject to hydrolysis) is 1. The Balaban J connectivity index is 3.39. The van der Waals surface area contributed by atoms with E-state index in [0.717, 1.165) is 19.6 Å². The van der Waals surface area contributed by atoms with Gasteiger partial charge in [0.15, 0.2) is 0 Å². The van der Waals surface area contributed by atoms with Crippen LogP contribution in [-0.4, -0.2) is 43.4 Å². The zero-order chi connectivity index (χ0) is 14.2. The topological polar surface area (TPSA) is 62.4 Å². The van der Waals surface area contributed by atoms with Crippen molar-refractivity contribution in [2.45, 2.75) is 52.7 Å². The van der Waals surface area contributed by atoms with Gasteiger partial charge in [-0.1, -0.05) is 0 Å². The molecule has 0 aliphatic carbocycles. The zero-order valence-corrected chi connectivity index (χ0v) is 12.6. The van der Waals surface area contributed by atoms with Crippen LogP contribution in [0.3, 0.4) is 0 Å². The maximum atomic E-state index is 11.3. The first-order valence-corrected chi connectivity index (χ1v) is 6.53. The summed E-state index contributed by atoms with van der Waals surface area (Å²) in [6, 6.07) is 0. The van der Waals surface area contributed by atoms with Crippen molar-refractivity contribution in [3.8, 4) is 0 Å². The Hall–Kier alpha value is -0.810. The summed E-state index contributed by atoms with van der Waals surface area (Å²) in [6.07, 6.45) is -0.364. The largest absolute Gasteiger partial charge is 0.444 e. The van der Waals surface area contributed by atoms with E-state index in [2.05, 4.69) is 36.7 Å². The SMILES string of the molecule is CC(C)(C)NCCNCCNC(=O)OC(C)(C)C. The van der Waals surface area contributed by atoms with Gasteiger partial charge in [0, 0.05) is 31.7 Å². The van der Waals surface area contributed by atoms with Crippen molar-refractivity contribution in [3.05, 3.63) is 0 Å². The minimum atomic E-state index is -0.436. The van der Waals surface area contributed by atoms with Crippen LogP contribution in [0, 0.1) is 0 Å². The van der Waals surface area contributed by atoms with Gasteiger partial charge in [-0.2, -0.15) is 0 Å². The second kappa shape index (κ2) is 7.59. The van der Waals surface area contributed by atoms with E-state index in [9.17, 15) is 4.79 Å². The predicted octanol–water partition coefficient (Wildman–Crippen LogP) is 1.49. The van der Waals surface area contributed by atoms with Crippen LogP contribution in [0.1, 0.15) is 41.5 Å². The van der Waals surface area contributed by atoms with Crippen LogP contribution in [0.2, 0.25) is 0 Å². The molecule has 0 bridgehead atoms. The van der Waals surface area contributed by atoms with Gasteiger partial charge in [-0.05, 0) is 41.5 Å². The summed E-state index contributed by atoms with van der Waals surface area (Å²) in [7, 11) is 0. The third kappa shape index (κ3) is 13.3. The highest BCUT2D eigenvalue weighted by Crippen LogP contribution is 2.05. The number of rotatable bonds is 6. The molecule has 0 atom stereocenters. The van der Waals surface area contributed by atoms with E-state index in [4.69, 9.17) is 4.74 Å². The summed E-state index contributed by atoms with van der Waals surface area (Å²) in [5, 5.41) is 9.32. The molecule has 1 amide bonds. The number of hydrogen-bond donors (Lipinski definition) is 3. The third-order valence-electron chi connectivity index (χ3n) is 1.93. The lowest BCUT2D eigenvalue weighted by Gasteiger charge is -2.21. The molecule has 0 saturated carbocycles. The predicted molar refractivity (Wildman–Crippen MR) is 74.9 cm³/mol. The molecule has 0 fully saturated rings. The standard InChI is InChI=1S/C13H29N3O2/c1-12(2,3)16-10-8-14-7-9-15-11(17)18-13(4,5)6/h14,16H,7-10H2,1-6H3,(H,15,17). The lowest BCUT2D eigenvalue weighted by atomic mass is 10.1. The Kier molecular flexibility index (Phi) is 7.25. The molecule has 18 heavy (non-hydrogen) atoms. The van der Waals surface area contributed by atoms with Crippen LogP contribution in [-0.2, 0) is 4.74 Å². The molecule has 0 rings (SSSR count). The van der Waals surface area contributed by atoms with E-state index in [1.165, 1.54) is 0 Å². The average Bonchev–Trinajstić information content (AvgIpc) is 2.11. The van der Waals surface area contributed by atoms with Crippen molar-refractivity contribution in [2.24, 2.45) is 0 Å². The van der Waals surface area contributed by atoms with Gasteiger partial charge in [-0.3, -0.25) is 0 Å². The summed E-state index contributed by atoms with van der Waals surface area (Å²) in [5.74, 6) is 0. The lowest BCUT2D eigenvalue weighted by molar-refractivity contribution is 0.0528. The first-order valence-electron chi connectivity index (χ1n) is 6.53. The van der Waals surface area contributed by atoms with Gasteiger partial charge in [0.05, 0.1) is 0 Å². The Morgan fingerprint density at radius 2 is 1.50 bits per heavy atom. The number of hydrogen-bond acceptors (Lipinski definition) is 4.